The van der Waals surface area contributed by atoms with Crippen molar-refractivity contribution < 1.29 is 39.5 Å². The molecule has 112 valence electrons. The van der Waals surface area contributed by atoms with Crippen LogP contribution in [0.5, 0.6) is 0 Å². The van der Waals surface area contributed by atoms with Gasteiger partial charge in [-0.3, -0.25) is 20.2 Å². The summed E-state index contributed by atoms with van der Waals surface area (Å²) in [5.41, 5.74) is 0. The Morgan fingerprint density at radius 2 is 1.50 bits per heavy atom. The van der Waals surface area contributed by atoms with Crippen LogP contribution in [0.3, 0.4) is 0 Å². The summed E-state index contributed by atoms with van der Waals surface area (Å²) in [5.74, 6) is -3.58. The number of ether oxygens (including phenoxy) is 1. The Morgan fingerprint density at radius 1 is 0.950 bits per heavy atom. The first-order valence-electron chi connectivity index (χ1n) is 5.83. The van der Waals surface area contributed by atoms with Crippen molar-refractivity contribution in [3.8, 4) is 0 Å². The first-order valence-corrected chi connectivity index (χ1v) is 5.83. The van der Waals surface area contributed by atoms with Gasteiger partial charge in [0.25, 0.3) is 0 Å². The number of nitrogens with one attached hydrogen (secondary N) is 2. The zero-order valence-corrected chi connectivity index (χ0v) is 10.1. The molecule has 0 radical (unpaired) electrons. The molecule has 6 N–H and O–H groups in total. The van der Waals surface area contributed by atoms with Crippen molar-refractivity contribution in [1.82, 2.24) is 10.6 Å². The molecule has 10 nitrogen and oxygen atoms in total. The highest BCUT2D eigenvalue weighted by atomic mass is 16.5. The normalized spacial score (nSPS) is 39.4. The Bertz CT molecular complexity index is 419. The zero-order valence-electron chi connectivity index (χ0n) is 10.1. The van der Waals surface area contributed by atoms with Gasteiger partial charge in [-0.25, -0.2) is 4.79 Å². The second-order valence-electron chi connectivity index (χ2n) is 4.58. The van der Waals surface area contributed by atoms with E-state index in [1.165, 1.54) is 0 Å². The minimum absolute atomic E-state index is 0.684. The minimum atomic E-state index is -1.73. The van der Waals surface area contributed by atoms with Crippen LogP contribution in [0.15, 0.2) is 0 Å². The van der Waals surface area contributed by atoms with E-state index < -0.39 is 60.9 Å². The summed E-state index contributed by atoms with van der Waals surface area (Å²) in [4.78, 5) is 34.2. The predicted octanol–water partition coefficient (Wildman–Crippen LogP) is -4.19. The van der Waals surface area contributed by atoms with Gasteiger partial charge in [-0.15, -0.1) is 0 Å². The number of aliphatic hydroxyl groups excluding tert-OH is 4. The van der Waals surface area contributed by atoms with Gasteiger partial charge in [0.05, 0.1) is 6.61 Å². The largest absolute Gasteiger partial charge is 0.394 e. The van der Waals surface area contributed by atoms with Crippen LogP contribution in [0.25, 0.3) is 0 Å². The van der Waals surface area contributed by atoms with Gasteiger partial charge in [0.1, 0.15) is 36.4 Å². The van der Waals surface area contributed by atoms with Crippen LogP contribution >= 0.6 is 0 Å². The molecular weight excluding hydrogens is 276 g/mol. The number of hydrogen-bond acceptors (Lipinski definition) is 8. The van der Waals surface area contributed by atoms with Crippen molar-refractivity contribution in [2.75, 3.05) is 6.61 Å². The SMILES string of the molecule is O=C1NC(=O)C([C@H]2O[C@H](CO)[C@@H](O)[C@H](O)[C@@H]2O)C(=O)N1. The molecular formula is C10H14N2O8. The predicted molar refractivity (Wildman–Crippen MR) is 58.9 cm³/mol. The highest BCUT2D eigenvalue weighted by Gasteiger charge is 2.52. The molecule has 0 saturated carbocycles. The number of aliphatic hydroxyl groups is 4. The van der Waals surface area contributed by atoms with Crippen molar-refractivity contribution in [2.45, 2.75) is 30.5 Å². The lowest BCUT2D eigenvalue weighted by Crippen LogP contribution is -2.67. The summed E-state index contributed by atoms with van der Waals surface area (Å²) in [6, 6.07) is -0.999. The second kappa shape index (κ2) is 5.42. The van der Waals surface area contributed by atoms with E-state index in [-0.39, 0.29) is 0 Å². The summed E-state index contributed by atoms with van der Waals surface area (Å²) < 4.78 is 5.10. The number of rotatable bonds is 2. The number of urea groups is 1. The van der Waals surface area contributed by atoms with Crippen molar-refractivity contribution in [1.29, 1.82) is 0 Å². The average molecular weight is 290 g/mol. The molecule has 2 heterocycles. The smallest absolute Gasteiger partial charge is 0.328 e. The highest BCUT2D eigenvalue weighted by Crippen LogP contribution is 2.27. The quantitative estimate of drug-likeness (QED) is 0.278. The summed E-state index contributed by atoms with van der Waals surface area (Å²) >= 11 is 0. The lowest BCUT2D eigenvalue weighted by molar-refractivity contribution is -0.239. The van der Waals surface area contributed by atoms with E-state index in [1.54, 1.807) is 0 Å². The van der Waals surface area contributed by atoms with Gasteiger partial charge in [-0.1, -0.05) is 0 Å². The Balaban J connectivity index is 2.24. The molecule has 2 fully saturated rings. The summed E-state index contributed by atoms with van der Waals surface area (Å²) in [6.07, 6.45) is -7.77. The molecule has 0 unspecified atom stereocenters. The van der Waals surface area contributed by atoms with Gasteiger partial charge in [-0.05, 0) is 0 Å². The molecule has 4 amide bonds. The van der Waals surface area contributed by atoms with Crippen molar-refractivity contribution in [2.24, 2.45) is 5.92 Å². The number of carbonyl (C=O) groups excluding carboxylic acids is 3. The van der Waals surface area contributed by atoms with Gasteiger partial charge >= 0.3 is 6.03 Å². The third kappa shape index (κ3) is 2.39. The highest BCUT2D eigenvalue weighted by molar-refractivity contribution is 6.16. The van der Waals surface area contributed by atoms with Crippen LogP contribution in [0.4, 0.5) is 4.79 Å². The van der Waals surface area contributed by atoms with Crippen LogP contribution in [0, 0.1) is 5.92 Å². The lowest BCUT2D eigenvalue weighted by atomic mass is 9.86. The molecule has 2 saturated heterocycles. The van der Waals surface area contributed by atoms with E-state index in [0.717, 1.165) is 0 Å². The second-order valence-corrected chi connectivity index (χ2v) is 4.58. The first-order chi connectivity index (χ1) is 9.36. The molecule has 2 aliphatic rings. The van der Waals surface area contributed by atoms with Crippen LogP contribution < -0.4 is 10.6 Å². The number of barbiturate groups is 1. The van der Waals surface area contributed by atoms with Crippen LogP contribution in [-0.2, 0) is 14.3 Å². The van der Waals surface area contributed by atoms with Crippen molar-refractivity contribution in [3.63, 3.8) is 0 Å². The van der Waals surface area contributed by atoms with Crippen LogP contribution in [-0.4, -0.2) is 75.4 Å². The fourth-order valence-electron chi connectivity index (χ4n) is 2.23. The molecule has 0 spiro atoms. The molecule has 10 heteroatoms. The topological polar surface area (TPSA) is 165 Å². The number of carbonyl (C=O) groups is 3. The maximum atomic E-state index is 11.7. The molecule has 0 aromatic carbocycles. The van der Waals surface area contributed by atoms with E-state index in [0.29, 0.717) is 0 Å². The van der Waals surface area contributed by atoms with E-state index in [1.807, 2.05) is 10.6 Å². The van der Waals surface area contributed by atoms with Gasteiger partial charge in [0.2, 0.25) is 11.8 Å². The maximum absolute atomic E-state index is 11.7. The summed E-state index contributed by atoms with van der Waals surface area (Å²) in [7, 11) is 0. The average Bonchev–Trinajstić information content (AvgIpc) is 2.37. The van der Waals surface area contributed by atoms with E-state index in [2.05, 4.69) is 0 Å². The third-order valence-corrected chi connectivity index (χ3v) is 3.30. The fraction of sp³-hybridized carbons (Fsp3) is 0.700. The molecule has 0 aliphatic carbocycles. The van der Waals surface area contributed by atoms with Crippen LogP contribution in [0.1, 0.15) is 0 Å². The zero-order chi connectivity index (χ0) is 15.0. The van der Waals surface area contributed by atoms with E-state index in [4.69, 9.17) is 9.84 Å². The summed E-state index contributed by atoms with van der Waals surface area (Å²) in [5, 5.41) is 41.7. The molecule has 2 rings (SSSR count). The van der Waals surface area contributed by atoms with E-state index in [9.17, 15) is 29.7 Å². The van der Waals surface area contributed by atoms with Gasteiger partial charge in [-0.2, -0.15) is 0 Å². The number of imide groups is 2. The van der Waals surface area contributed by atoms with Gasteiger partial charge in [0, 0.05) is 0 Å². The summed E-state index contributed by atoms with van der Waals surface area (Å²) in [6.45, 7) is -0.684. The molecule has 0 aromatic rings. The fourth-order valence-corrected chi connectivity index (χ4v) is 2.23. The minimum Gasteiger partial charge on any atom is -0.394 e. The maximum Gasteiger partial charge on any atom is 0.328 e. The molecule has 5 atom stereocenters. The van der Waals surface area contributed by atoms with E-state index >= 15 is 0 Å². The Labute approximate surface area is 112 Å². The van der Waals surface area contributed by atoms with Crippen molar-refractivity contribution >= 4 is 17.8 Å². The molecule has 2 aliphatic heterocycles. The van der Waals surface area contributed by atoms with Crippen LogP contribution in [0.2, 0.25) is 0 Å². The Kier molecular flexibility index (Phi) is 4.01. The molecule has 0 aromatic heterocycles. The van der Waals surface area contributed by atoms with Crippen molar-refractivity contribution in [3.05, 3.63) is 0 Å². The number of amides is 4. The lowest BCUT2D eigenvalue weighted by Gasteiger charge is -2.42. The first kappa shape index (κ1) is 14.8. The third-order valence-electron chi connectivity index (χ3n) is 3.30. The Hall–Kier alpha value is -1.59. The Morgan fingerprint density at radius 3 is 2.00 bits per heavy atom. The molecule has 0 bridgehead atoms. The standard InChI is InChI=1S/C10H14N2O8/c13-1-2-4(14)5(15)6(16)7(20-2)3-8(17)11-10(19)12-9(3)18/h2-7,13-16H,1H2,(H2,11,12,17,18,19)/t2-,4-,5+,6+,7-/m1/s1. The van der Waals surface area contributed by atoms with Gasteiger partial charge < -0.3 is 25.2 Å². The number of hydrogen-bond donors (Lipinski definition) is 6. The molecule has 20 heavy (non-hydrogen) atoms. The monoisotopic (exact) mass is 290 g/mol. The van der Waals surface area contributed by atoms with Gasteiger partial charge in [0.15, 0.2) is 0 Å².